The third-order valence-electron chi connectivity index (χ3n) is 4.16. The monoisotopic (exact) mass is 363 g/mol. The van der Waals surface area contributed by atoms with Gasteiger partial charge in [-0.2, -0.15) is 0 Å². The molecule has 1 amide bonds. The van der Waals surface area contributed by atoms with Crippen molar-refractivity contribution in [1.82, 2.24) is 0 Å². The summed E-state index contributed by atoms with van der Waals surface area (Å²) in [4.78, 5) is 12.0. The smallest absolute Gasteiger partial charge is 0.411 e. The Morgan fingerprint density at radius 3 is 2.82 bits per heavy atom. The molecule has 0 radical (unpaired) electrons. The molecule has 0 heterocycles. The molecule has 0 saturated heterocycles. The number of hydrogen-bond acceptors (Lipinski definition) is 3. The van der Waals surface area contributed by atoms with E-state index >= 15 is 0 Å². The van der Waals surface area contributed by atoms with Crippen LogP contribution in [0.15, 0.2) is 6.07 Å². The van der Waals surface area contributed by atoms with Gasteiger partial charge in [-0.05, 0) is 54.4 Å². The number of hydrogen-bond donors (Lipinski definition) is 2. The second-order valence-corrected chi connectivity index (χ2v) is 8.20. The van der Waals surface area contributed by atoms with Crippen LogP contribution in [0.5, 0.6) is 0 Å². The standard InChI is InChI=1S/C15H16Cl3NO3/c16-15(17,18)7-22-14(21)19-13-9-3-1-2-8(9)6-11-10(13)4-5-12(11)20/h6,12,20H,1-5,7H2,(H,19,21). The molecule has 2 aliphatic carbocycles. The number of aryl methyl sites for hydroxylation is 1. The molecule has 0 fully saturated rings. The predicted molar refractivity (Wildman–Crippen MR) is 87.0 cm³/mol. The lowest BCUT2D eigenvalue weighted by Crippen LogP contribution is -2.22. The Hall–Kier alpha value is -0.680. The van der Waals surface area contributed by atoms with E-state index in [1.165, 1.54) is 5.56 Å². The zero-order chi connectivity index (χ0) is 15.9. The van der Waals surface area contributed by atoms with Gasteiger partial charge in [-0.15, -0.1) is 0 Å². The minimum atomic E-state index is -1.63. The first-order chi connectivity index (χ1) is 10.3. The van der Waals surface area contributed by atoms with Gasteiger partial charge in [-0.1, -0.05) is 40.9 Å². The van der Waals surface area contributed by atoms with E-state index in [0.717, 1.165) is 48.1 Å². The molecule has 2 N–H and O–H groups in total. The fourth-order valence-electron chi connectivity index (χ4n) is 3.25. The first-order valence-corrected chi connectivity index (χ1v) is 8.34. The largest absolute Gasteiger partial charge is 0.445 e. The van der Waals surface area contributed by atoms with Crippen LogP contribution >= 0.6 is 34.8 Å². The molecule has 3 rings (SSSR count). The van der Waals surface area contributed by atoms with Gasteiger partial charge in [-0.3, -0.25) is 5.32 Å². The van der Waals surface area contributed by atoms with Crippen molar-refractivity contribution in [2.45, 2.75) is 42.0 Å². The summed E-state index contributed by atoms with van der Waals surface area (Å²) in [6.07, 6.45) is 3.24. The van der Waals surface area contributed by atoms with E-state index in [-0.39, 0.29) is 6.61 Å². The Morgan fingerprint density at radius 2 is 2.09 bits per heavy atom. The van der Waals surface area contributed by atoms with Crippen LogP contribution in [0.4, 0.5) is 10.5 Å². The first kappa shape index (κ1) is 16.2. The molecule has 4 nitrogen and oxygen atoms in total. The number of aliphatic hydroxyl groups excluding tert-OH is 1. The average Bonchev–Trinajstić information content (AvgIpc) is 3.03. The van der Waals surface area contributed by atoms with E-state index in [2.05, 4.69) is 11.4 Å². The van der Waals surface area contributed by atoms with Crippen LogP contribution in [0, 0.1) is 0 Å². The summed E-state index contributed by atoms with van der Waals surface area (Å²) in [7, 11) is 0. The van der Waals surface area contributed by atoms with E-state index in [9.17, 15) is 9.90 Å². The molecule has 22 heavy (non-hydrogen) atoms. The summed E-state index contributed by atoms with van der Waals surface area (Å²) in [5.41, 5.74) is 5.02. The number of nitrogens with one attached hydrogen (secondary N) is 1. The number of fused-ring (bicyclic) bond motifs is 2. The van der Waals surface area contributed by atoms with E-state index in [1.807, 2.05) is 0 Å². The van der Waals surface area contributed by atoms with Gasteiger partial charge in [0.05, 0.1) is 11.8 Å². The molecule has 0 aromatic heterocycles. The van der Waals surface area contributed by atoms with E-state index in [1.54, 1.807) is 0 Å². The molecule has 0 saturated carbocycles. The maximum absolute atomic E-state index is 12.0. The van der Waals surface area contributed by atoms with Crippen LogP contribution in [-0.2, 0) is 24.0 Å². The van der Waals surface area contributed by atoms with Crippen LogP contribution in [0.2, 0.25) is 0 Å². The summed E-state index contributed by atoms with van der Waals surface area (Å²) >= 11 is 16.7. The van der Waals surface area contributed by atoms with Crippen LogP contribution in [0.25, 0.3) is 0 Å². The maximum atomic E-state index is 12.0. The van der Waals surface area contributed by atoms with Crippen LogP contribution in [0.1, 0.15) is 41.2 Å². The third-order valence-corrected chi connectivity index (χ3v) is 4.49. The molecule has 1 unspecified atom stereocenters. The zero-order valence-electron chi connectivity index (χ0n) is 11.8. The minimum Gasteiger partial charge on any atom is -0.445 e. The van der Waals surface area contributed by atoms with E-state index < -0.39 is 16.0 Å². The lowest BCUT2D eigenvalue weighted by molar-refractivity contribution is 0.164. The van der Waals surface area contributed by atoms with Gasteiger partial charge in [0.25, 0.3) is 0 Å². The molecular weight excluding hydrogens is 349 g/mol. The molecule has 1 aromatic carbocycles. The summed E-state index contributed by atoms with van der Waals surface area (Å²) in [5, 5.41) is 12.9. The molecule has 0 bridgehead atoms. The van der Waals surface area contributed by atoms with Crippen LogP contribution < -0.4 is 5.32 Å². The molecule has 7 heteroatoms. The van der Waals surface area contributed by atoms with Gasteiger partial charge in [0.1, 0.15) is 6.61 Å². The second-order valence-electron chi connectivity index (χ2n) is 5.68. The van der Waals surface area contributed by atoms with Crippen molar-refractivity contribution in [2.75, 3.05) is 11.9 Å². The van der Waals surface area contributed by atoms with Crippen molar-refractivity contribution in [3.63, 3.8) is 0 Å². The van der Waals surface area contributed by atoms with Crippen LogP contribution in [0.3, 0.4) is 0 Å². The number of alkyl halides is 3. The molecule has 1 atom stereocenters. The fourth-order valence-corrected chi connectivity index (χ4v) is 3.42. The maximum Gasteiger partial charge on any atom is 0.411 e. The van der Waals surface area contributed by atoms with Gasteiger partial charge in [0, 0.05) is 0 Å². The Balaban J connectivity index is 1.84. The van der Waals surface area contributed by atoms with Crippen molar-refractivity contribution < 1.29 is 14.6 Å². The highest BCUT2D eigenvalue weighted by Gasteiger charge is 2.30. The molecule has 2 aliphatic rings. The number of amides is 1. The molecule has 0 aliphatic heterocycles. The fraction of sp³-hybridized carbons (Fsp3) is 0.533. The van der Waals surface area contributed by atoms with Crippen molar-refractivity contribution in [1.29, 1.82) is 0 Å². The highest BCUT2D eigenvalue weighted by atomic mass is 35.6. The number of rotatable bonds is 2. The third kappa shape index (κ3) is 3.30. The molecule has 1 aromatic rings. The van der Waals surface area contributed by atoms with Gasteiger partial charge in [0.2, 0.25) is 3.79 Å². The molecule has 0 spiro atoms. The van der Waals surface area contributed by atoms with Crippen molar-refractivity contribution in [3.05, 3.63) is 28.3 Å². The van der Waals surface area contributed by atoms with E-state index in [4.69, 9.17) is 39.5 Å². The zero-order valence-corrected chi connectivity index (χ0v) is 14.1. The van der Waals surface area contributed by atoms with Crippen molar-refractivity contribution in [2.24, 2.45) is 0 Å². The molecular formula is C15H16Cl3NO3. The van der Waals surface area contributed by atoms with Gasteiger partial charge >= 0.3 is 6.09 Å². The predicted octanol–water partition coefficient (Wildman–Crippen LogP) is 4.07. The van der Waals surface area contributed by atoms with Crippen LogP contribution in [-0.4, -0.2) is 21.6 Å². The Kier molecular flexibility index (Phi) is 4.47. The summed E-state index contributed by atoms with van der Waals surface area (Å²) in [6, 6.07) is 2.08. The number of aliphatic hydroxyl groups is 1. The summed E-state index contributed by atoms with van der Waals surface area (Å²) < 4.78 is 3.32. The Labute approximate surface area is 143 Å². The Morgan fingerprint density at radius 1 is 1.32 bits per heavy atom. The number of carbonyl (C=O) groups excluding carboxylic acids is 1. The van der Waals surface area contributed by atoms with Crippen molar-refractivity contribution in [3.8, 4) is 0 Å². The SMILES string of the molecule is O=C(Nc1c2c(cc3c1CCC3O)CCC2)OCC(Cl)(Cl)Cl. The number of carbonyl (C=O) groups is 1. The topological polar surface area (TPSA) is 58.6 Å². The number of anilines is 1. The van der Waals surface area contributed by atoms with Crippen molar-refractivity contribution >= 4 is 46.6 Å². The highest BCUT2D eigenvalue weighted by molar-refractivity contribution is 6.67. The van der Waals surface area contributed by atoms with Gasteiger partial charge < -0.3 is 9.84 Å². The average molecular weight is 365 g/mol. The highest BCUT2D eigenvalue weighted by Crippen LogP contribution is 2.42. The first-order valence-electron chi connectivity index (χ1n) is 7.21. The van der Waals surface area contributed by atoms with E-state index in [0.29, 0.717) is 6.42 Å². The lowest BCUT2D eigenvalue weighted by Gasteiger charge is -2.17. The quantitative estimate of drug-likeness (QED) is 0.778. The van der Waals surface area contributed by atoms with Gasteiger partial charge in [0.15, 0.2) is 0 Å². The van der Waals surface area contributed by atoms with Gasteiger partial charge in [-0.25, -0.2) is 4.79 Å². The number of ether oxygens (including phenoxy) is 1. The summed E-state index contributed by atoms with van der Waals surface area (Å²) in [5.74, 6) is 0. The number of halogens is 3. The normalized spacial score (nSPS) is 19.7. The molecule has 120 valence electrons. The summed E-state index contributed by atoms with van der Waals surface area (Å²) in [6.45, 7) is -0.316. The number of benzene rings is 1. The lowest BCUT2D eigenvalue weighted by atomic mass is 9.98. The second kappa shape index (κ2) is 6.08. The minimum absolute atomic E-state index is 0.316. The Bertz CT molecular complexity index is 613.